The van der Waals surface area contributed by atoms with Crippen molar-refractivity contribution >= 4 is 34.3 Å². The number of nitrogens with two attached hydrogens (primary N) is 1. The van der Waals surface area contributed by atoms with Gasteiger partial charge in [0.25, 0.3) is 11.8 Å². The fraction of sp³-hybridized carbons (Fsp3) is 0.200. The standard InChI is InChI=1S/C35H34N2O2/c1-22(2)26-9-13-28(14-10-26)32-33(29-15-11-27(12-16-29)23(3)4)35(39)37(34(32)38)31-19-7-25(8-20-31)21-24-5-17-30(36)18-6-24/h5-20,22-23H,21,36H2,1-4H3. The lowest BCUT2D eigenvalue weighted by atomic mass is 9.93. The number of anilines is 2. The van der Waals surface area contributed by atoms with Crippen LogP contribution in [0.3, 0.4) is 0 Å². The van der Waals surface area contributed by atoms with Gasteiger partial charge in [-0.3, -0.25) is 9.59 Å². The van der Waals surface area contributed by atoms with Crippen LogP contribution in [0.15, 0.2) is 97.1 Å². The average molecular weight is 515 g/mol. The average Bonchev–Trinajstić information content (AvgIpc) is 3.20. The summed E-state index contributed by atoms with van der Waals surface area (Å²) in [4.78, 5) is 29.2. The maximum absolute atomic E-state index is 13.9. The zero-order valence-electron chi connectivity index (χ0n) is 22.9. The third kappa shape index (κ3) is 5.28. The van der Waals surface area contributed by atoms with Gasteiger partial charge in [-0.15, -0.1) is 0 Å². The lowest BCUT2D eigenvalue weighted by Crippen LogP contribution is -2.31. The molecule has 39 heavy (non-hydrogen) atoms. The smallest absolute Gasteiger partial charge is 0.266 e. The summed E-state index contributed by atoms with van der Waals surface area (Å²) in [6, 6.07) is 31.4. The van der Waals surface area contributed by atoms with Gasteiger partial charge in [-0.2, -0.15) is 0 Å². The Hall–Kier alpha value is -4.44. The summed E-state index contributed by atoms with van der Waals surface area (Å²) in [5.41, 5.74) is 14.1. The number of carbonyl (C=O) groups excluding carboxylic acids is 2. The van der Waals surface area contributed by atoms with Crippen molar-refractivity contribution in [3.05, 3.63) is 130 Å². The zero-order chi connectivity index (χ0) is 27.7. The molecule has 196 valence electrons. The largest absolute Gasteiger partial charge is 0.399 e. The number of nitrogens with zero attached hydrogens (tertiary/aromatic N) is 1. The van der Waals surface area contributed by atoms with E-state index >= 15 is 0 Å². The molecule has 2 amide bonds. The second kappa shape index (κ2) is 10.7. The van der Waals surface area contributed by atoms with Gasteiger partial charge in [0.05, 0.1) is 16.8 Å². The fourth-order valence-electron chi connectivity index (χ4n) is 5.00. The Bertz CT molecular complexity index is 1450. The summed E-state index contributed by atoms with van der Waals surface area (Å²) < 4.78 is 0. The molecule has 0 unspecified atom stereocenters. The van der Waals surface area contributed by atoms with Crippen molar-refractivity contribution in [2.24, 2.45) is 0 Å². The monoisotopic (exact) mass is 514 g/mol. The van der Waals surface area contributed by atoms with Crippen LogP contribution in [0.25, 0.3) is 11.1 Å². The molecule has 0 aromatic heterocycles. The van der Waals surface area contributed by atoms with Gasteiger partial charge in [-0.25, -0.2) is 4.90 Å². The first-order chi connectivity index (χ1) is 18.7. The number of imide groups is 1. The summed E-state index contributed by atoms with van der Waals surface area (Å²) in [5, 5.41) is 0. The van der Waals surface area contributed by atoms with Gasteiger partial charge in [0.15, 0.2) is 0 Å². The number of carbonyl (C=O) groups is 2. The van der Waals surface area contributed by atoms with E-state index in [-0.39, 0.29) is 11.8 Å². The van der Waals surface area contributed by atoms with Gasteiger partial charge < -0.3 is 5.73 Å². The number of nitrogen functional groups attached to an aromatic ring is 1. The molecule has 4 aromatic rings. The van der Waals surface area contributed by atoms with Crippen molar-refractivity contribution in [1.29, 1.82) is 0 Å². The zero-order valence-corrected chi connectivity index (χ0v) is 22.9. The summed E-state index contributed by atoms with van der Waals surface area (Å²) in [7, 11) is 0. The highest BCUT2D eigenvalue weighted by Crippen LogP contribution is 2.39. The van der Waals surface area contributed by atoms with Crippen LogP contribution < -0.4 is 10.6 Å². The predicted octanol–water partition coefficient (Wildman–Crippen LogP) is 7.59. The van der Waals surface area contributed by atoms with E-state index in [4.69, 9.17) is 5.73 Å². The summed E-state index contributed by atoms with van der Waals surface area (Å²) >= 11 is 0. The van der Waals surface area contributed by atoms with E-state index in [9.17, 15) is 9.59 Å². The number of rotatable bonds is 7. The van der Waals surface area contributed by atoms with E-state index in [1.54, 1.807) is 0 Å². The van der Waals surface area contributed by atoms with Crippen molar-refractivity contribution in [2.45, 2.75) is 46.0 Å². The third-order valence-electron chi connectivity index (χ3n) is 7.40. The molecule has 0 saturated heterocycles. The minimum atomic E-state index is -0.300. The second-order valence-corrected chi connectivity index (χ2v) is 10.8. The highest BCUT2D eigenvalue weighted by molar-refractivity contribution is 6.57. The Morgan fingerprint density at radius 3 is 1.33 bits per heavy atom. The Labute approximate surface area is 230 Å². The number of benzene rings is 4. The lowest BCUT2D eigenvalue weighted by molar-refractivity contribution is -0.119. The lowest BCUT2D eigenvalue weighted by Gasteiger charge is -2.16. The molecule has 0 saturated carbocycles. The molecule has 0 spiro atoms. The van der Waals surface area contributed by atoms with Crippen LogP contribution in [0.4, 0.5) is 11.4 Å². The molecule has 1 aliphatic rings. The van der Waals surface area contributed by atoms with Crippen LogP contribution in [-0.2, 0) is 16.0 Å². The van der Waals surface area contributed by atoms with Gasteiger partial charge in [-0.05, 0) is 75.9 Å². The molecule has 2 N–H and O–H groups in total. The van der Waals surface area contributed by atoms with E-state index in [1.165, 1.54) is 16.0 Å². The van der Waals surface area contributed by atoms with E-state index < -0.39 is 0 Å². The molecule has 4 heteroatoms. The predicted molar refractivity (Wildman–Crippen MR) is 160 cm³/mol. The van der Waals surface area contributed by atoms with Gasteiger partial charge in [0, 0.05) is 5.69 Å². The van der Waals surface area contributed by atoms with E-state index in [1.807, 2.05) is 97.1 Å². The van der Waals surface area contributed by atoms with E-state index in [0.717, 1.165) is 34.4 Å². The van der Waals surface area contributed by atoms with Crippen LogP contribution in [0.2, 0.25) is 0 Å². The van der Waals surface area contributed by atoms with Crippen LogP contribution in [0.1, 0.15) is 72.9 Å². The normalized spacial score (nSPS) is 13.7. The highest BCUT2D eigenvalue weighted by Gasteiger charge is 2.40. The molecule has 1 heterocycles. The van der Waals surface area contributed by atoms with Crippen LogP contribution in [0.5, 0.6) is 0 Å². The van der Waals surface area contributed by atoms with Gasteiger partial charge in [0.2, 0.25) is 0 Å². The van der Waals surface area contributed by atoms with Gasteiger partial charge in [0.1, 0.15) is 0 Å². The number of hydrogen-bond donors (Lipinski definition) is 1. The molecule has 0 bridgehead atoms. The van der Waals surface area contributed by atoms with Gasteiger partial charge in [-0.1, -0.05) is 100 Å². The molecule has 4 aromatic carbocycles. The molecule has 0 radical (unpaired) electrons. The number of hydrogen-bond acceptors (Lipinski definition) is 3. The van der Waals surface area contributed by atoms with Crippen molar-refractivity contribution in [2.75, 3.05) is 10.6 Å². The molecule has 0 aliphatic carbocycles. The summed E-state index contributed by atoms with van der Waals surface area (Å²) in [5.74, 6) is 0.151. The maximum atomic E-state index is 13.9. The van der Waals surface area contributed by atoms with Crippen molar-refractivity contribution < 1.29 is 9.59 Å². The molecule has 4 nitrogen and oxygen atoms in total. The van der Waals surface area contributed by atoms with Crippen LogP contribution in [-0.4, -0.2) is 11.8 Å². The Kier molecular flexibility index (Phi) is 7.21. The highest BCUT2D eigenvalue weighted by atomic mass is 16.2. The first-order valence-corrected chi connectivity index (χ1v) is 13.5. The third-order valence-corrected chi connectivity index (χ3v) is 7.40. The van der Waals surface area contributed by atoms with Crippen LogP contribution in [0, 0.1) is 0 Å². The van der Waals surface area contributed by atoms with Crippen molar-refractivity contribution in [3.63, 3.8) is 0 Å². The molecule has 0 atom stereocenters. The maximum Gasteiger partial charge on any atom is 0.266 e. The minimum Gasteiger partial charge on any atom is -0.399 e. The fourth-order valence-corrected chi connectivity index (χ4v) is 5.00. The van der Waals surface area contributed by atoms with Gasteiger partial charge >= 0.3 is 0 Å². The van der Waals surface area contributed by atoms with Crippen molar-refractivity contribution in [1.82, 2.24) is 0 Å². The molecular formula is C35H34N2O2. The summed E-state index contributed by atoms with van der Waals surface area (Å²) in [6.07, 6.45) is 0.738. The van der Waals surface area contributed by atoms with Crippen molar-refractivity contribution in [3.8, 4) is 0 Å². The summed E-state index contributed by atoms with van der Waals surface area (Å²) in [6.45, 7) is 8.55. The van der Waals surface area contributed by atoms with E-state index in [0.29, 0.717) is 28.7 Å². The Morgan fingerprint density at radius 2 is 0.949 bits per heavy atom. The quantitative estimate of drug-likeness (QED) is 0.204. The Morgan fingerprint density at radius 1 is 0.564 bits per heavy atom. The number of amides is 2. The topological polar surface area (TPSA) is 63.4 Å². The second-order valence-electron chi connectivity index (χ2n) is 10.8. The Balaban J connectivity index is 1.51. The molecule has 0 fully saturated rings. The molecular weight excluding hydrogens is 480 g/mol. The van der Waals surface area contributed by atoms with Crippen LogP contribution >= 0.6 is 0 Å². The SMILES string of the molecule is CC(C)c1ccc(C2=C(c3ccc(C(C)C)cc3)C(=O)N(c3ccc(Cc4ccc(N)cc4)cc3)C2=O)cc1. The van der Waals surface area contributed by atoms with E-state index in [2.05, 4.69) is 27.7 Å². The molecule has 1 aliphatic heterocycles. The molecule has 5 rings (SSSR count). The first-order valence-electron chi connectivity index (χ1n) is 13.5. The minimum absolute atomic E-state index is 0.300. The first kappa shape index (κ1) is 26.2.